The maximum atomic E-state index is 2.59. The van der Waals surface area contributed by atoms with Gasteiger partial charge in [-0.05, 0) is 67.8 Å². The van der Waals surface area contributed by atoms with Gasteiger partial charge in [0.1, 0.15) is 0 Å². The Morgan fingerprint density at radius 3 is 1.37 bits per heavy atom. The van der Waals surface area contributed by atoms with E-state index in [-0.39, 0.29) is 0 Å². The third-order valence-electron chi connectivity index (χ3n) is 13.0. The molecule has 0 bridgehead atoms. The van der Waals surface area contributed by atoms with Crippen molar-refractivity contribution in [2.45, 2.75) is 0 Å². The van der Waals surface area contributed by atoms with Gasteiger partial charge in [-0.15, -0.1) is 0 Å². The van der Waals surface area contributed by atoms with Crippen LogP contribution in [-0.2, 0) is 0 Å². The Bertz CT molecular complexity index is 3500. The molecule has 0 spiro atoms. The Kier molecular flexibility index (Phi) is 8.87. The molecule has 12 aromatic rings. The van der Waals surface area contributed by atoms with Gasteiger partial charge in [0.15, 0.2) is 8.07 Å². The third kappa shape index (κ3) is 5.78. The van der Waals surface area contributed by atoms with E-state index in [9.17, 15) is 0 Å². The first kappa shape index (κ1) is 36.8. The summed E-state index contributed by atoms with van der Waals surface area (Å²) in [6.07, 6.45) is 0. The molecule has 0 atom stereocenters. The molecule has 0 radical (unpaired) electrons. The number of fused-ring (bicyclic) bond motifs is 6. The van der Waals surface area contributed by atoms with Gasteiger partial charge in [-0.2, -0.15) is 0 Å². The molecule has 296 valence electrons. The van der Waals surface area contributed by atoms with Crippen LogP contribution in [0.15, 0.2) is 255 Å². The first-order valence-electron chi connectivity index (χ1n) is 21.8. The van der Waals surface area contributed by atoms with Gasteiger partial charge in [0, 0.05) is 32.8 Å². The fraction of sp³-hybridized carbons (Fsp3) is 0. The van der Waals surface area contributed by atoms with Crippen molar-refractivity contribution in [3.05, 3.63) is 255 Å². The van der Waals surface area contributed by atoms with Crippen molar-refractivity contribution < 1.29 is 0 Å². The highest BCUT2D eigenvalue weighted by atomic mass is 28.3. The second-order valence-corrected chi connectivity index (χ2v) is 20.2. The first-order valence-corrected chi connectivity index (χ1v) is 23.8. The number of hydrogen-bond acceptors (Lipinski definition) is 0. The maximum absolute atomic E-state index is 2.98. The molecule has 0 saturated carbocycles. The summed E-state index contributed by atoms with van der Waals surface area (Å²) >= 11 is 0. The Morgan fingerprint density at radius 1 is 0.302 bits per heavy atom. The third-order valence-corrected chi connectivity index (χ3v) is 17.9. The van der Waals surface area contributed by atoms with E-state index in [1.54, 1.807) is 0 Å². The lowest BCUT2D eigenvalue weighted by molar-refractivity contribution is 1.16. The Balaban J connectivity index is 1.27. The van der Waals surface area contributed by atoms with Gasteiger partial charge in [-0.3, -0.25) is 0 Å². The average molecular weight is 819 g/mol. The molecule has 0 amide bonds. The number of nitrogens with zero attached hydrogens (tertiary/aromatic N) is 2. The maximum Gasteiger partial charge on any atom is 0.181 e. The molecule has 0 saturated heterocycles. The molecule has 2 heterocycles. The van der Waals surface area contributed by atoms with Crippen molar-refractivity contribution in [3.63, 3.8) is 0 Å². The monoisotopic (exact) mass is 818 g/mol. The molecule has 3 heteroatoms. The Hall–Kier alpha value is -7.98. The zero-order valence-corrected chi connectivity index (χ0v) is 35.6. The van der Waals surface area contributed by atoms with E-state index in [4.69, 9.17) is 0 Å². The molecule has 0 aliphatic heterocycles. The van der Waals surface area contributed by atoms with E-state index in [1.165, 1.54) is 81.1 Å². The number of rotatable bonds is 8. The second kappa shape index (κ2) is 15.2. The minimum atomic E-state index is -2.98. The predicted octanol–water partition coefficient (Wildman–Crippen LogP) is 12.6. The minimum absolute atomic E-state index is 1.12. The average Bonchev–Trinajstić information content (AvgIpc) is 3.89. The predicted molar refractivity (Wildman–Crippen MR) is 270 cm³/mol. The molecule has 12 rings (SSSR count). The quantitative estimate of drug-likeness (QED) is 0.107. The van der Waals surface area contributed by atoms with Crippen molar-refractivity contribution >= 4 is 72.4 Å². The van der Waals surface area contributed by atoms with Gasteiger partial charge < -0.3 is 9.13 Å². The molecule has 0 unspecified atom stereocenters. The fourth-order valence-electron chi connectivity index (χ4n) is 10.5. The van der Waals surface area contributed by atoms with Crippen LogP contribution in [0.3, 0.4) is 0 Å². The van der Waals surface area contributed by atoms with E-state index >= 15 is 0 Å². The van der Waals surface area contributed by atoms with E-state index in [1.807, 2.05) is 0 Å². The van der Waals surface area contributed by atoms with Crippen LogP contribution in [0.4, 0.5) is 0 Å². The number of para-hydroxylation sites is 4. The largest absolute Gasteiger partial charge is 0.309 e. The van der Waals surface area contributed by atoms with Crippen LogP contribution < -0.4 is 20.7 Å². The highest BCUT2D eigenvalue weighted by Gasteiger charge is 2.43. The first-order chi connectivity index (χ1) is 31.3. The summed E-state index contributed by atoms with van der Waals surface area (Å²) in [5, 5.41) is 10.4. The van der Waals surface area contributed by atoms with Gasteiger partial charge in [0.25, 0.3) is 0 Å². The highest BCUT2D eigenvalue weighted by molar-refractivity contribution is 7.20. The van der Waals surface area contributed by atoms with Crippen LogP contribution in [0.25, 0.3) is 77.2 Å². The highest BCUT2D eigenvalue weighted by Crippen LogP contribution is 2.43. The Morgan fingerprint density at radius 2 is 0.762 bits per heavy atom. The van der Waals surface area contributed by atoms with Gasteiger partial charge in [0.05, 0.1) is 27.8 Å². The summed E-state index contributed by atoms with van der Waals surface area (Å²) in [5.41, 5.74) is 11.8. The molecule has 63 heavy (non-hydrogen) atoms. The topological polar surface area (TPSA) is 9.86 Å². The summed E-state index contributed by atoms with van der Waals surface area (Å²) in [6, 6.07) is 94.4. The second-order valence-electron chi connectivity index (χ2n) is 16.4. The number of aromatic nitrogens is 2. The minimum Gasteiger partial charge on any atom is -0.309 e. The van der Waals surface area contributed by atoms with Gasteiger partial charge in [-0.1, -0.05) is 224 Å². The molecule has 0 aliphatic carbocycles. The lowest BCUT2D eigenvalue weighted by Crippen LogP contribution is -2.75. The van der Waals surface area contributed by atoms with E-state index in [2.05, 4.69) is 264 Å². The van der Waals surface area contributed by atoms with Gasteiger partial charge in [0.2, 0.25) is 0 Å². The van der Waals surface area contributed by atoms with Crippen molar-refractivity contribution in [3.8, 4) is 33.6 Å². The smallest absolute Gasteiger partial charge is 0.181 e. The van der Waals surface area contributed by atoms with Crippen LogP contribution in [0.5, 0.6) is 0 Å². The van der Waals surface area contributed by atoms with Crippen molar-refractivity contribution in [2.24, 2.45) is 0 Å². The van der Waals surface area contributed by atoms with E-state index < -0.39 is 8.07 Å². The zero-order valence-electron chi connectivity index (χ0n) is 34.6. The Labute approximate surface area is 368 Å². The fourth-order valence-corrected chi connectivity index (χ4v) is 15.4. The van der Waals surface area contributed by atoms with Crippen LogP contribution in [-0.4, -0.2) is 17.2 Å². The van der Waals surface area contributed by atoms with Gasteiger partial charge >= 0.3 is 0 Å². The molecular formula is C60H42N2Si. The summed E-state index contributed by atoms with van der Waals surface area (Å²) in [6.45, 7) is 0. The zero-order chi connectivity index (χ0) is 41.7. The molecule has 10 aromatic carbocycles. The normalized spacial score (nSPS) is 11.8. The molecule has 0 aliphatic rings. The van der Waals surface area contributed by atoms with Crippen molar-refractivity contribution in [2.75, 3.05) is 0 Å². The van der Waals surface area contributed by atoms with Crippen LogP contribution in [0.1, 0.15) is 0 Å². The SMILES string of the molecule is c1ccc(-c2ccccc2-n2c3ccccc3c3c(-c4ccccc4)cc(-n4c5ccccc5c5cccc([Si](c6ccccc6)(c6ccccc6)c6ccccc6)c54)cc32)cc1. The van der Waals surface area contributed by atoms with Crippen LogP contribution in [0, 0.1) is 0 Å². The molecule has 0 fully saturated rings. The summed E-state index contributed by atoms with van der Waals surface area (Å²) in [7, 11) is -2.98. The summed E-state index contributed by atoms with van der Waals surface area (Å²) in [5.74, 6) is 0. The lowest BCUT2D eigenvalue weighted by Gasteiger charge is -2.35. The van der Waals surface area contributed by atoms with Gasteiger partial charge in [-0.25, -0.2) is 0 Å². The van der Waals surface area contributed by atoms with Crippen molar-refractivity contribution in [1.82, 2.24) is 9.13 Å². The van der Waals surface area contributed by atoms with Crippen molar-refractivity contribution in [1.29, 1.82) is 0 Å². The number of hydrogen-bond donors (Lipinski definition) is 0. The standard InChI is InChI=1S/C60H42N2Si/c1-6-23-43(24-7-1)49-33-16-19-37-54(49)62-56-39-21-18-35-52(56)59-53(44-25-8-2-9-26-44)41-45(42-57(59)62)61-55-38-20-17-34-50(55)51-36-22-40-58(60(51)61)63(46-27-10-3-11-28-46,47-29-12-4-13-30-47)48-31-14-5-15-32-48/h1-42H. The van der Waals surface area contributed by atoms with E-state index in [0.717, 1.165) is 16.9 Å². The summed E-state index contributed by atoms with van der Waals surface area (Å²) < 4.78 is 5.10. The van der Waals surface area contributed by atoms with Crippen LogP contribution >= 0.6 is 0 Å². The molecule has 0 N–H and O–H groups in total. The molecule has 2 aromatic heterocycles. The molecular weight excluding hydrogens is 777 g/mol. The van der Waals surface area contributed by atoms with E-state index in [0.29, 0.717) is 0 Å². The number of benzene rings is 10. The molecule has 2 nitrogen and oxygen atoms in total. The lowest BCUT2D eigenvalue weighted by atomic mass is 9.98. The summed E-state index contributed by atoms with van der Waals surface area (Å²) in [4.78, 5) is 0. The van der Waals surface area contributed by atoms with Crippen LogP contribution in [0.2, 0.25) is 0 Å².